The molecule has 26 heavy (non-hydrogen) atoms. The maximum absolute atomic E-state index is 12.7. The summed E-state index contributed by atoms with van der Waals surface area (Å²) in [6.45, 7) is 8.78. The van der Waals surface area contributed by atoms with Gasteiger partial charge in [-0.3, -0.25) is 4.79 Å². The van der Waals surface area contributed by atoms with E-state index in [0.717, 1.165) is 19.3 Å². The van der Waals surface area contributed by atoms with Crippen LogP contribution >= 0.6 is 11.6 Å². The number of carbonyl (C=O) groups excluding carboxylic acids is 1. The van der Waals surface area contributed by atoms with E-state index in [4.69, 9.17) is 25.8 Å². The lowest BCUT2D eigenvalue weighted by atomic mass is 9.99. The minimum absolute atomic E-state index is 0.131. The minimum atomic E-state index is -0.790. The van der Waals surface area contributed by atoms with E-state index in [1.54, 1.807) is 25.3 Å². The topological polar surface area (TPSA) is 56.8 Å². The molecule has 1 saturated carbocycles. The number of halogens is 1. The normalized spacial score (nSPS) is 16.8. The molecule has 1 amide bonds. The van der Waals surface area contributed by atoms with Gasteiger partial charge in [0.05, 0.1) is 17.2 Å². The van der Waals surface area contributed by atoms with Crippen LogP contribution in [0.25, 0.3) is 0 Å². The summed E-state index contributed by atoms with van der Waals surface area (Å²) in [6, 6.07) is 5.27. The Morgan fingerprint density at radius 2 is 2.00 bits per heavy atom. The van der Waals surface area contributed by atoms with Crippen LogP contribution in [0.2, 0.25) is 5.02 Å². The molecular formula is C20H30ClNO4. The van der Waals surface area contributed by atoms with E-state index in [1.807, 2.05) is 27.7 Å². The Labute approximate surface area is 161 Å². The monoisotopic (exact) mass is 383 g/mol. The van der Waals surface area contributed by atoms with Crippen LogP contribution in [0.15, 0.2) is 18.2 Å². The number of rotatable bonds is 10. The van der Waals surface area contributed by atoms with Gasteiger partial charge in [-0.15, -0.1) is 0 Å². The molecule has 2 rings (SSSR count). The SMILES string of the molecule is CCO[C@@](C)(C(=O)Nc1ccc(OCCC(C)(C)OC)c(Cl)c1)C1CC1. The molecule has 0 unspecified atom stereocenters. The summed E-state index contributed by atoms with van der Waals surface area (Å²) in [6.07, 6.45) is 2.79. The van der Waals surface area contributed by atoms with E-state index in [-0.39, 0.29) is 17.4 Å². The van der Waals surface area contributed by atoms with E-state index in [0.29, 0.717) is 29.7 Å². The molecule has 1 aliphatic rings. The molecule has 0 saturated heterocycles. The molecule has 5 nitrogen and oxygen atoms in total. The number of hydrogen-bond acceptors (Lipinski definition) is 4. The van der Waals surface area contributed by atoms with Gasteiger partial charge in [-0.1, -0.05) is 11.6 Å². The fourth-order valence-electron chi connectivity index (χ4n) is 2.76. The molecule has 1 aromatic rings. The molecule has 1 fully saturated rings. The number of carbonyl (C=O) groups is 1. The number of methoxy groups -OCH3 is 1. The summed E-state index contributed by atoms with van der Waals surface area (Å²) in [7, 11) is 1.68. The van der Waals surface area contributed by atoms with Gasteiger partial charge in [-0.05, 0) is 64.7 Å². The Balaban J connectivity index is 1.97. The zero-order valence-corrected chi connectivity index (χ0v) is 17.1. The van der Waals surface area contributed by atoms with Crippen LogP contribution in [0.1, 0.15) is 47.0 Å². The number of benzene rings is 1. The third-order valence-corrected chi connectivity index (χ3v) is 5.25. The van der Waals surface area contributed by atoms with Gasteiger partial charge in [-0.2, -0.15) is 0 Å². The van der Waals surface area contributed by atoms with Crippen LogP contribution in [-0.2, 0) is 14.3 Å². The first-order valence-corrected chi connectivity index (χ1v) is 9.52. The Hall–Kier alpha value is -1.30. The van der Waals surface area contributed by atoms with Crippen LogP contribution in [-0.4, -0.2) is 37.4 Å². The predicted octanol–water partition coefficient (Wildman–Crippen LogP) is 4.68. The molecule has 1 N–H and O–H groups in total. The molecule has 146 valence electrons. The Morgan fingerprint density at radius 3 is 2.54 bits per heavy atom. The average Bonchev–Trinajstić information content (AvgIpc) is 3.42. The second-order valence-electron chi connectivity index (χ2n) is 7.48. The van der Waals surface area contributed by atoms with Gasteiger partial charge >= 0.3 is 0 Å². The van der Waals surface area contributed by atoms with Crippen LogP contribution in [0, 0.1) is 5.92 Å². The molecule has 0 radical (unpaired) electrons. The highest BCUT2D eigenvalue weighted by atomic mass is 35.5. The molecule has 0 aromatic heterocycles. The smallest absolute Gasteiger partial charge is 0.256 e. The summed E-state index contributed by atoms with van der Waals surface area (Å²) in [5, 5.41) is 3.38. The lowest BCUT2D eigenvalue weighted by Crippen LogP contribution is -2.44. The van der Waals surface area contributed by atoms with E-state index < -0.39 is 5.60 Å². The lowest BCUT2D eigenvalue weighted by molar-refractivity contribution is -0.141. The quantitative estimate of drug-likeness (QED) is 0.637. The predicted molar refractivity (Wildman–Crippen MR) is 104 cm³/mol. The maximum atomic E-state index is 12.7. The van der Waals surface area contributed by atoms with Crippen molar-refractivity contribution in [2.24, 2.45) is 5.92 Å². The van der Waals surface area contributed by atoms with E-state index in [1.165, 1.54) is 0 Å². The third-order valence-electron chi connectivity index (χ3n) is 4.96. The van der Waals surface area contributed by atoms with E-state index in [2.05, 4.69) is 5.32 Å². The molecule has 0 aliphatic heterocycles. The largest absolute Gasteiger partial charge is 0.492 e. The second kappa shape index (κ2) is 8.59. The zero-order valence-electron chi connectivity index (χ0n) is 16.4. The second-order valence-corrected chi connectivity index (χ2v) is 7.88. The number of amides is 1. The van der Waals surface area contributed by atoms with Gasteiger partial charge in [0.25, 0.3) is 5.91 Å². The van der Waals surface area contributed by atoms with Crippen molar-refractivity contribution in [1.82, 2.24) is 0 Å². The first-order chi connectivity index (χ1) is 12.2. The molecular weight excluding hydrogens is 354 g/mol. The van der Waals surface area contributed by atoms with Crippen LogP contribution in [0.4, 0.5) is 5.69 Å². The van der Waals surface area contributed by atoms with Crippen molar-refractivity contribution >= 4 is 23.2 Å². The van der Waals surface area contributed by atoms with E-state index >= 15 is 0 Å². The minimum Gasteiger partial charge on any atom is -0.492 e. The molecule has 1 aromatic carbocycles. The van der Waals surface area contributed by atoms with Gasteiger partial charge in [0.15, 0.2) is 0 Å². The van der Waals surface area contributed by atoms with Crippen molar-refractivity contribution in [2.75, 3.05) is 25.6 Å². The zero-order chi connectivity index (χ0) is 19.4. The standard InChI is InChI=1S/C20H30ClNO4/c1-6-26-20(4,14-7-8-14)18(23)22-15-9-10-17(16(21)13-15)25-12-11-19(2,3)24-5/h9-10,13-14H,6-8,11-12H2,1-5H3,(H,22,23)/t20-/m1/s1. The van der Waals surface area contributed by atoms with Gasteiger partial charge in [-0.25, -0.2) is 0 Å². The summed E-state index contributed by atoms with van der Waals surface area (Å²) in [5.41, 5.74) is -0.397. The van der Waals surface area contributed by atoms with Crippen molar-refractivity contribution in [3.05, 3.63) is 23.2 Å². The van der Waals surface area contributed by atoms with Crippen molar-refractivity contribution < 1.29 is 19.0 Å². The number of anilines is 1. The number of ether oxygens (including phenoxy) is 3. The Kier molecular flexibility index (Phi) is 6.94. The maximum Gasteiger partial charge on any atom is 0.256 e. The number of hydrogen-bond donors (Lipinski definition) is 1. The summed E-state index contributed by atoms with van der Waals surface area (Å²) in [5.74, 6) is 0.740. The summed E-state index contributed by atoms with van der Waals surface area (Å²) >= 11 is 6.31. The third kappa shape index (κ3) is 5.35. The first kappa shape index (κ1) is 21.0. The van der Waals surface area contributed by atoms with Crippen molar-refractivity contribution in [2.45, 2.75) is 58.2 Å². The van der Waals surface area contributed by atoms with Crippen LogP contribution in [0.5, 0.6) is 5.75 Å². The fourth-order valence-corrected chi connectivity index (χ4v) is 3.00. The van der Waals surface area contributed by atoms with Gasteiger partial charge in [0, 0.05) is 25.8 Å². The summed E-state index contributed by atoms with van der Waals surface area (Å²) in [4.78, 5) is 12.7. The molecule has 0 spiro atoms. The Bertz CT molecular complexity index is 630. The lowest BCUT2D eigenvalue weighted by Gasteiger charge is -2.28. The van der Waals surface area contributed by atoms with E-state index in [9.17, 15) is 4.79 Å². The highest BCUT2D eigenvalue weighted by molar-refractivity contribution is 6.32. The molecule has 0 heterocycles. The highest BCUT2D eigenvalue weighted by Gasteiger charge is 2.48. The molecule has 0 bridgehead atoms. The van der Waals surface area contributed by atoms with Gasteiger partial charge in [0.1, 0.15) is 11.4 Å². The molecule has 6 heteroatoms. The van der Waals surface area contributed by atoms with Crippen LogP contribution in [0.3, 0.4) is 0 Å². The van der Waals surface area contributed by atoms with Gasteiger partial charge in [0.2, 0.25) is 0 Å². The van der Waals surface area contributed by atoms with Crippen molar-refractivity contribution in [1.29, 1.82) is 0 Å². The average molecular weight is 384 g/mol. The fraction of sp³-hybridized carbons (Fsp3) is 0.650. The van der Waals surface area contributed by atoms with Crippen molar-refractivity contribution in [3.63, 3.8) is 0 Å². The number of nitrogens with one attached hydrogen (secondary N) is 1. The molecule has 1 aliphatic carbocycles. The van der Waals surface area contributed by atoms with Gasteiger partial charge < -0.3 is 19.5 Å². The first-order valence-electron chi connectivity index (χ1n) is 9.14. The highest BCUT2D eigenvalue weighted by Crippen LogP contribution is 2.42. The van der Waals surface area contributed by atoms with Crippen molar-refractivity contribution in [3.8, 4) is 5.75 Å². The van der Waals surface area contributed by atoms with Crippen LogP contribution < -0.4 is 10.1 Å². The molecule has 1 atom stereocenters. The Morgan fingerprint density at radius 1 is 1.31 bits per heavy atom. The summed E-state index contributed by atoms with van der Waals surface area (Å²) < 4.78 is 16.9.